The van der Waals surface area contributed by atoms with Crippen molar-refractivity contribution in [1.82, 2.24) is 41.5 Å². The second kappa shape index (κ2) is 14.7. The summed E-state index contributed by atoms with van der Waals surface area (Å²) in [5, 5.41) is 35.9. The number of tetrazole rings is 1. The molecule has 3 aromatic rings. The van der Waals surface area contributed by atoms with E-state index in [0.717, 1.165) is 85.9 Å². The molecule has 0 radical (unpaired) electrons. The number of carbonyl (C=O) groups excluding carboxylic acids is 2. The number of hydrogen-bond donors (Lipinski definition) is 4. The molecule has 0 spiro atoms. The quantitative estimate of drug-likeness (QED) is 0.230. The average molecular weight is 650 g/mol. The van der Waals surface area contributed by atoms with Crippen LogP contribution in [0.3, 0.4) is 0 Å². The standard InChI is InChI=1S/C37H47N9O2/c1-4-39-24(3)26-14-16-31-27(19-26)12-13-28-20-29(35(48)40-5-2)15-17-32(28)37(31,36-42-44-45-43-36)21-33(25-9-6-7-10-25)41-23-34(47)46-18-8-11-30(46)22-38/h14-17,19-20,25,30,33,39,41H,3-13,18,21,23H2,1-2H3,(H,40,48)(H,42,43,44,45)/t30?,33-,37?/m0/s1. The van der Waals surface area contributed by atoms with Gasteiger partial charge in [0.1, 0.15) is 6.04 Å². The van der Waals surface area contributed by atoms with Crippen molar-refractivity contribution in [2.24, 2.45) is 5.92 Å². The summed E-state index contributed by atoms with van der Waals surface area (Å²) in [6, 6.07) is 14.4. The number of aryl methyl sites for hydroxylation is 2. The monoisotopic (exact) mass is 649 g/mol. The van der Waals surface area contributed by atoms with Crippen molar-refractivity contribution in [1.29, 1.82) is 5.26 Å². The van der Waals surface area contributed by atoms with Crippen LogP contribution >= 0.6 is 0 Å². The van der Waals surface area contributed by atoms with E-state index in [-0.39, 0.29) is 30.4 Å². The summed E-state index contributed by atoms with van der Waals surface area (Å²) in [6.07, 6.45) is 8.09. The number of aromatic amines is 1. The van der Waals surface area contributed by atoms with Crippen LogP contribution < -0.4 is 16.0 Å². The molecule has 2 fully saturated rings. The summed E-state index contributed by atoms with van der Waals surface area (Å²) < 4.78 is 0. The SMILES string of the molecule is C=C(NCC)c1ccc2c(c1)CCc1cc(C(=O)NCC)ccc1C2(C[C@H](NCC(=O)N1CCCC1C#N)C1CCCC1)c1nn[nH]n1. The number of H-pyrrole nitrogens is 1. The number of benzene rings is 2. The molecule has 1 aliphatic heterocycles. The summed E-state index contributed by atoms with van der Waals surface area (Å²) >= 11 is 0. The molecule has 3 atom stereocenters. The van der Waals surface area contributed by atoms with Crippen LogP contribution in [0.25, 0.3) is 5.70 Å². The van der Waals surface area contributed by atoms with Crippen molar-refractivity contribution in [3.8, 4) is 6.07 Å². The number of nitrogens with one attached hydrogen (secondary N) is 4. The molecule has 2 aromatic carbocycles. The van der Waals surface area contributed by atoms with Crippen molar-refractivity contribution < 1.29 is 9.59 Å². The minimum Gasteiger partial charge on any atom is -0.385 e. The van der Waals surface area contributed by atoms with E-state index < -0.39 is 5.41 Å². The number of aromatic nitrogens is 4. The molecular weight excluding hydrogens is 602 g/mol. The van der Waals surface area contributed by atoms with E-state index in [0.29, 0.717) is 36.8 Å². The molecule has 11 heteroatoms. The van der Waals surface area contributed by atoms with Crippen LogP contribution in [0.4, 0.5) is 0 Å². The molecule has 1 saturated carbocycles. The molecule has 48 heavy (non-hydrogen) atoms. The van der Waals surface area contributed by atoms with Gasteiger partial charge in [-0.1, -0.05) is 42.8 Å². The van der Waals surface area contributed by atoms with Crippen molar-refractivity contribution in [3.05, 3.63) is 82.2 Å². The predicted octanol–water partition coefficient (Wildman–Crippen LogP) is 4.02. The number of rotatable bonds is 12. The lowest BCUT2D eigenvalue weighted by Crippen LogP contribution is -2.48. The van der Waals surface area contributed by atoms with Gasteiger partial charge in [0, 0.05) is 36.9 Å². The first-order chi connectivity index (χ1) is 23.4. The summed E-state index contributed by atoms with van der Waals surface area (Å²) in [4.78, 5) is 28.3. The molecule has 2 amide bonds. The number of nitriles is 1. The third-order valence-corrected chi connectivity index (χ3v) is 10.6. The number of fused-ring (bicyclic) bond motifs is 2. The zero-order chi connectivity index (χ0) is 33.7. The minimum atomic E-state index is -0.821. The third kappa shape index (κ3) is 6.46. The van der Waals surface area contributed by atoms with Crippen LogP contribution in [0.15, 0.2) is 43.0 Å². The minimum absolute atomic E-state index is 0.0320. The smallest absolute Gasteiger partial charge is 0.251 e. The van der Waals surface area contributed by atoms with Crippen LogP contribution in [-0.4, -0.2) is 75.6 Å². The van der Waals surface area contributed by atoms with E-state index in [1.165, 1.54) is 5.56 Å². The number of amides is 2. The Kier molecular flexibility index (Phi) is 10.2. The number of carbonyl (C=O) groups is 2. The summed E-state index contributed by atoms with van der Waals surface area (Å²) in [7, 11) is 0. The summed E-state index contributed by atoms with van der Waals surface area (Å²) in [5.74, 6) is 0.786. The van der Waals surface area contributed by atoms with Gasteiger partial charge < -0.3 is 20.9 Å². The Hall–Kier alpha value is -4.56. The van der Waals surface area contributed by atoms with Gasteiger partial charge in [0.25, 0.3) is 5.91 Å². The van der Waals surface area contributed by atoms with E-state index in [1.807, 2.05) is 19.1 Å². The Morgan fingerprint density at radius 1 is 1.02 bits per heavy atom. The van der Waals surface area contributed by atoms with Gasteiger partial charge in [0.15, 0.2) is 5.82 Å². The molecule has 1 saturated heterocycles. The zero-order valence-electron chi connectivity index (χ0n) is 28.1. The van der Waals surface area contributed by atoms with E-state index in [1.54, 1.807) is 4.90 Å². The molecular formula is C37H47N9O2. The van der Waals surface area contributed by atoms with E-state index in [4.69, 9.17) is 0 Å². The third-order valence-electron chi connectivity index (χ3n) is 10.6. The lowest BCUT2D eigenvalue weighted by molar-refractivity contribution is -0.130. The van der Waals surface area contributed by atoms with Gasteiger partial charge in [-0.2, -0.15) is 10.5 Å². The Balaban J connectivity index is 1.48. The van der Waals surface area contributed by atoms with Crippen molar-refractivity contribution >= 4 is 17.5 Å². The first kappa shape index (κ1) is 33.3. The molecule has 3 aliphatic rings. The average Bonchev–Trinajstić information content (AvgIpc) is 3.91. The highest BCUT2D eigenvalue weighted by atomic mass is 16.2. The van der Waals surface area contributed by atoms with Crippen LogP contribution in [0.5, 0.6) is 0 Å². The van der Waals surface area contributed by atoms with E-state index in [9.17, 15) is 14.9 Å². The highest BCUT2D eigenvalue weighted by Crippen LogP contribution is 2.48. The highest BCUT2D eigenvalue weighted by Gasteiger charge is 2.47. The molecule has 4 N–H and O–H groups in total. The Morgan fingerprint density at radius 3 is 2.35 bits per heavy atom. The van der Waals surface area contributed by atoms with Crippen LogP contribution in [0, 0.1) is 17.2 Å². The van der Waals surface area contributed by atoms with Crippen LogP contribution in [-0.2, 0) is 23.1 Å². The van der Waals surface area contributed by atoms with Gasteiger partial charge in [-0.3, -0.25) is 9.59 Å². The van der Waals surface area contributed by atoms with E-state index in [2.05, 4.69) is 80.4 Å². The molecule has 252 valence electrons. The fraction of sp³-hybridized carbons (Fsp3) is 0.514. The second-order valence-electron chi connectivity index (χ2n) is 13.4. The Morgan fingerprint density at radius 2 is 1.71 bits per heavy atom. The maximum absolute atomic E-state index is 13.5. The summed E-state index contributed by atoms with van der Waals surface area (Å²) in [6.45, 7) is 10.4. The van der Waals surface area contributed by atoms with Gasteiger partial charge in [-0.05, 0) is 111 Å². The largest absolute Gasteiger partial charge is 0.385 e. The number of hydrogen-bond acceptors (Lipinski definition) is 8. The molecule has 0 bridgehead atoms. The van der Waals surface area contributed by atoms with Crippen molar-refractivity contribution in [2.45, 2.75) is 89.1 Å². The fourth-order valence-electron chi connectivity index (χ4n) is 8.26. The topological polar surface area (TPSA) is 152 Å². The number of likely N-dealkylation sites (tertiary alicyclic amines) is 1. The lowest BCUT2D eigenvalue weighted by Gasteiger charge is -2.39. The first-order valence-corrected chi connectivity index (χ1v) is 17.5. The Labute approximate surface area is 282 Å². The molecule has 2 aliphatic carbocycles. The molecule has 2 heterocycles. The normalized spacial score (nSPS) is 21.1. The molecule has 1 aromatic heterocycles. The van der Waals surface area contributed by atoms with Gasteiger partial charge >= 0.3 is 0 Å². The Bertz CT molecular complexity index is 1600. The molecule has 2 unspecified atom stereocenters. The molecule has 6 rings (SSSR count). The van der Waals surface area contributed by atoms with Crippen molar-refractivity contribution in [3.63, 3.8) is 0 Å². The maximum atomic E-state index is 13.5. The van der Waals surface area contributed by atoms with Gasteiger partial charge in [0.05, 0.1) is 18.0 Å². The maximum Gasteiger partial charge on any atom is 0.251 e. The van der Waals surface area contributed by atoms with Crippen LogP contribution in [0.1, 0.15) is 103 Å². The van der Waals surface area contributed by atoms with Gasteiger partial charge in [-0.25, -0.2) is 0 Å². The van der Waals surface area contributed by atoms with Crippen LogP contribution in [0.2, 0.25) is 0 Å². The molecule has 11 nitrogen and oxygen atoms in total. The van der Waals surface area contributed by atoms with E-state index >= 15 is 0 Å². The van der Waals surface area contributed by atoms with Gasteiger partial charge in [0.2, 0.25) is 5.91 Å². The van der Waals surface area contributed by atoms with Crippen molar-refractivity contribution in [2.75, 3.05) is 26.2 Å². The van der Waals surface area contributed by atoms with Gasteiger partial charge in [-0.15, -0.1) is 10.2 Å². The highest BCUT2D eigenvalue weighted by molar-refractivity contribution is 5.94. The summed E-state index contributed by atoms with van der Waals surface area (Å²) in [5.41, 5.74) is 6.09. The lowest BCUT2D eigenvalue weighted by atomic mass is 9.66. The zero-order valence-corrected chi connectivity index (χ0v) is 28.1. The predicted molar refractivity (Wildman–Crippen MR) is 184 cm³/mol. The first-order valence-electron chi connectivity index (χ1n) is 17.5. The second-order valence-corrected chi connectivity index (χ2v) is 13.4. The number of nitrogens with zero attached hydrogens (tertiary/aromatic N) is 5. The fourth-order valence-corrected chi connectivity index (χ4v) is 8.26.